The number of hydrogen-bond donors (Lipinski definition) is 0. The number of fused-ring (bicyclic) bond motifs is 1. The second-order valence-corrected chi connectivity index (χ2v) is 5.21. The molecule has 0 spiro atoms. The summed E-state index contributed by atoms with van der Waals surface area (Å²) in [6.07, 6.45) is 7.50. The third kappa shape index (κ3) is 1.94. The largest absolute Gasteiger partial charge is 0.351 e. The van der Waals surface area contributed by atoms with Crippen LogP contribution in [0.25, 0.3) is 5.52 Å². The molecule has 2 heterocycles. The van der Waals surface area contributed by atoms with Crippen molar-refractivity contribution in [3.05, 3.63) is 24.2 Å². The van der Waals surface area contributed by atoms with E-state index in [0.29, 0.717) is 11.9 Å². The average Bonchev–Trinajstić information content (AvgIpc) is 2.66. The van der Waals surface area contributed by atoms with E-state index in [-0.39, 0.29) is 0 Å². The Kier molecular flexibility index (Phi) is 3.12. The van der Waals surface area contributed by atoms with Crippen LogP contribution in [0.5, 0.6) is 0 Å². The zero-order chi connectivity index (χ0) is 12.5. The van der Waals surface area contributed by atoms with Gasteiger partial charge in [-0.25, -0.2) is 9.50 Å². The maximum Gasteiger partial charge on any atom is 0.154 e. The smallest absolute Gasteiger partial charge is 0.154 e. The molecular weight excluding hydrogens is 248 g/mol. The number of alkyl halides is 1. The first-order valence-corrected chi connectivity index (χ1v) is 6.96. The Morgan fingerprint density at radius 2 is 2.33 bits per heavy atom. The van der Waals surface area contributed by atoms with Crippen LogP contribution in [-0.4, -0.2) is 33.1 Å². The Balaban J connectivity index is 2.04. The van der Waals surface area contributed by atoms with Crippen LogP contribution < -0.4 is 4.90 Å². The zero-order valence-electron chi connectivity index (χ0n) is 10.5. The molecule has 1 saturated carbocycles. The average molecular weight is 265 g/mol. The molecule has 0 saturated heterocycles. The highest BCUT2D eigenvalue weighted by Gasteiger charge is 2.27. The number of halogens is 1. The maximum atomic E-state index is 5.94. The minimum atomic E-state index is 0.595. The fourth-order valence-corrected chi connectivity index (χ4v) is 2.68. The first-order chi connectivity index (χ1) is 8.79. The molecule has 1 aliphatic carbocycles. The second-order valence-electron chi connectivity index (χ2n) is 4.83. The summed E-state index contributed by atoms with van der Waals surface area (Å²) in [5, 5.41) is 4.44. The van der Waals surface area contributed by atoms with E-state index < -0.39 is 0 Å². The van der Waals surface area contributed by atoms with E-state index in [1.54, 1.807) is 0 Å². The fraction of sp³-hybridized carbons (Fsp3) is 0.538. The van der Waals surface area contributed by atoms with E-state index in [4.69, 9.17) is 11.6 Å². The van der Waals surface area contributed by atoms with E-state index in [1.807, 2.05) is 23.8 Å². The molecule has 0 N–H and O–H groups in total. The minimum Gasteiger partial charge on any atom is -0.351 e. The van der Waals surface area contributed by atoms with Crippen molar-refractivity contribution in [1.29, 1.82) is 0 Å². The van der Waals surface area contributed by atoms with Gasteiger partial charge in [-0.2, -0.15) is 5.10 Å². The lowest BCUT2D eigenvalue weighted by molar-refractivity contribution is 0.389. The summed E-state index contributed by atoms with van der Waals surface area (Å²) in [5.41, 5.74) is 2.09. The van der Waals surface area contributed by atoms with Crippen molar-refractivity contribution in [2.75, 3.05) is 17.3 Å². The number of anilines is 1. The topological polar surface area (TPSA) is 33.4 Å². The molecule has 0 amide bonds. The van der Waals surface area contributed by atoms with Gasteiger partial charge in [0.2, 0.25) is 0 Å². The van der Waals surface area contributed by atoms with Gasteiger partial charge in [-0.05, 0) is 32.3 Å². The predicted molar refractivity (Wildman–Crippen MR) is 73.4 cm³/mol. The SMILES string of the molecule is Cc1cc2c(N(CCCl)C3CCC3)nccn2n1. The summed E-state index contributed by atoms with van der Waals surface area (Å²) in [4.78, 5) is 6.89. The van der Waals surface area contributed by atoms with Crippen molar-refractivity contribution in [2.24, 2.45) is 0 Å². The second kappa shape index (κ2) is 4.76. The van der Waals surface area contributed by atoms with Gasteiger partial charge in [-0.15, -0.1) is 11.6 Å². The molecular formula is C13H17ClN4. The van der Waals surface area contributed by atoms with Gasteiger partial charge in [0.25, 0.3) is 0 Å². The standard InChI is InChI=1S/C13H17ClN4/c1-10-9-12-13(15-6-8-18(12)16-10)17(7-5-14)11-3-2-4-11/h6,8-9,11H,2-5,7H2,1H3. The van der Waals surface area contributed by atoms with Crippen molar-refractivity contribution in [2.45, 2.75) is 32.2 Å². The summed E-state index contributed by atoms with van der Waals surface area (Å²) in [5.74, 6) is 1.65. The molecule has 1 fully saturated rings. The van der Waals surface area contributed by atoms with Crippen LogP contribution in [0.3, 0.4) is 0 Å². The van der Waals surface area contributed by atoms with Crippen molar-refractivity contribution in [1.82, 2.24) is 14.6 Å². The maximum absolute atomic E-state index is 5.94. The van der Waals surface area contributed by atoms with Gasteiger partial charge in [0.1, 0.15) is 5.52 Å². The number of rotatable bonds is 4. The van der Waals surface area contributed by atoms with Crippen LogP contribution in [0.15, 0.2) is 18.5 Å². The van der Waals surface area contributed by atoms with Gasteiger partial charge in [0, 0.05) is 30.9 Å². The lowest BCUT2D eigenvalue weighted by atomic mass is 9.91. The molecule has 2 aromatic heterocycles. The van der Waals surface area contributed by atoms with E-state index in [1.165, 1.54) is 19.3 Å². The highest BCUT2D eigenvalue weighted by molar-refractivity contribution is 6.18. The van der Waals surface area contributed by atoms with Crippen LogP contribution in [0.4, 0.5) is 5.82 Å². The van der Waals surface area contributed by atoms with Crippen LogP contribution in [0.2, 0.25) is 0 Å². The Bertz CT molecular complexity index is 547. The molecule has 0 atom stereocenters. The molecule has 4 nitrogen and oxygen atoms in total. The van der Waals surface area contributed by atoms with E-state index in [0.717, 1.165) is 23.6 Å². The van der Waals surface area contributed by atoms with Crippen LogP contribution in [0.1, 0.15) is 25.0 Å². The molecule has 96 valence electrons. The van der Waals surface area contributed by atoms with Gasteiger partial charge < -0.3 is 4.90 Å². The summed E-state index contributed by atoms with van der Waals surface area (Å²) in [6.45, 7) is 2.86. The fourth-order valence-electron chi connectivity index (χ4n) is 2.50. The lowest BCUT2D eigenvalue weighted by Gasteiger charge is -2.38. The molecule has 0 aliphatic heterocycles. The third-order valence-electron chi connectivity index (χ3n) is 3.60. The Labute approximate surface area is 112 Å². The highest BCUT2D eigenvalue weighted by atomic mass is 35.5. The van der Waals surface area contributed by atoms with E-state index in [9.17, 15) is 0 Å². The summed E-state index contributed by atoms with van der Waals surface area (Å²) in [6, 6.07) is 2.68. The normalized spacial score (nSPS) is 15.9. The van der Waals surface area contributed by atoms with Gasteiger partial charge in [0.05, 0.1) is 5.69 Å². The molecule has 0 aromatic carbocycles. The van der Waals surface area contributed by atoms with Crippen molar-refractivity contribution in [3.63, 3.8) is 0 Å². The summed E-state index contributed by atoms with van der Waals surface area (Å²) in [7, 11) is 0. The Hall–Kier alpha value is -1.29. The molecule has 18 heavy (non-hydrogen) atoms. The molecule has 1 aliphatic rings. The third-order valence-corrected chi connectivity index (χ3v) is 3.77. The predicted octanol–water partition coefficient (Wildman–Crippen LogP) is 2.64. The summed E-state index contributed by atoms with van der Waals surface area (Å²) < 4.78 is 1.90. The van der Waals surface area contributed by atoms with Gasteiger partial charge >= 0.3 is 0 Å². The van der Waals surface area contributed by atoms with E-state index >= 15 is 0 Å². The molecule has 0 bridgehead atoms. The first-order valence-electron chi connectivity index (χ1n) is 6.43. The van der Waals surface area contributed by atoms with Gasteiger partial charge in [-0.1, -0.05) is 0 Å². The molecule has 3 rings (SSSR count). The molecule has 0 unspecified atom stereocenters. The number of aryl methyl sites for hydroxylation is 1. The zero-order valence-corrected chi connectivity index (χ0v) is 11.3. The minimum absolute atomic E-state index is 0.595. The van der Waals surface area contributed by atoms with Crippen molar-refractivity contribution < 1.29 is 0 Å². The first kappa shape index (κ1) is 11.8. The molecule has 5 heteroatoms. The van der Waals surface area contributed by atoms with Gasteiger partial charge in [-0.3, -0.25) is 0 Å². The van der Waals surface area contributed by atoms with Crippen LogP contribution in [0, 0.1) is 6.92 Å². The number of nitrogens with zero attached hydrogens (tertiary/aromatic N) is 4. The van der Waals surface area contributed by atoms with E-state index in [2.05, 4.69) is 21.0 Å². The number of aromatic nitrogens is 3. The Morgan fingerprint density at radius 3 is 3.00 bits per heavy atom. The monoisotopic (exact) mass is 264 g/mol. The van der Waals surface area contributed by atoms with Crippen molar-refractivity contribution >= 4 is 22.9 Å². The quantitative estimate of drug-likeness (QED) is 0.796. The molecule has 0 radical (unpaired) electrons. The van der Waals surface area contributed by atoms with Crippen molar-refractivity contribution in [3.8, 4) is 0 Å². The molecule has 2 aromatic rings. The van der Waals surface area contributed by atoms with Crippen LogP contribution in [-0.2, 0) is 0 Å². The summed E-state index contributed by atoms with van der Waals surface area (Å²) >= 11 is 5.94. The van der Waals surface area contributed by atoms with Gasteiger partial charge in [0.15, 0.2) is 5.82 Å². The Morgan fingerprint density at radius 1 is 1.50 bits per heavy atom. The lowest BCUT2D eigenvalue weighted by Crippen LogP contribution is -2.42. The highest BCUT2D eigenvalue weighted by Crippen LogP contribution is 2.30. The number of hydrogen-bond acceptors (Lipinski definition) is 3. The van der Waals surface area contributed by atoms with Crippen LogP contribution >= 0.6 is 11.6 Å².